The summed E-state index contributed by atoms with van der Waals surface area (Å²) in [5.41, 5.74) is 0.937. The molecule has 0 atom stereocenters. The lowest BCUT2D eigenvalue weighted by molar-refractivity contribution is 0.0524. The second kappa shape index (κ2) is 10.8. The number of amides is 1. The first kappa shape index (κ1) is 24.7. The highest BCUT2D eigenvalue weighted by atomic mass is 32.2. The molecule has 3 rings (SSSR count). The molecule has 1 aromatic heterocycles. The molecule has 0 unspecified atom stereocenters. The standard InChI is InChI=1S/C23H29N3O6S/c1-4-31-21-12-9-17(33(29,30)26-13-7-6-8-14-26)15-20(21)25-22(27)19-11-10-18(16(3)24-19)23(28)32-5-2/h9-12,15H,4-8,13-14H2,1-3H3,(H,25,27). The number of carbonyl (C=O) groups is 2. The Morgan fingerprint density at radius 3 is 2.42 bits per heavy atom. The monoisotopic (exact) mass is 475 g/mol. The van der Waals surface area contributed by atoms with Gasteiger partial charge in [-0.25, -0.2) is 18.2 Å². The number of hydrogen-bond donors (Lipinski definition) is 1. The van der Waals surface area contributed by atoms with Gasteiger partial charge in [-0.3, -0.25) is 4.79 Å². The SMILES string of the molecule is CCOC(=O)c1ccc(C(=O)Nc2cc(S(=O)(=O)N3CCCCC3)ccc2OCC)nc1C. The molecule has 1 aliphatic heterocycles. The molecule has 10 heteroatoms. The molecule has 1 N–H and O–H groups in total. The number of esters is 1. The van der Waals surface area contributed by atoms with Crippen LogP contribution in [0.25, 0.3) is 0 Å². The molecular weight excluding hydrogens is 446 g/mol. The molecule has 2 aromatic rings. The number of carbonyl (C=O) groups excluding carboxylic acids is 2. The minimum atomic E-state index is -3.68. The van der Waals surface area contributed by atoms with Gasteiger partial charge in [0, 0.05) is 13.1 Å². The van der Waals surface area contributed by atoms with Crippen LogP contribution in [-0.4, -0.2) is 55.9 Å². The predicted molar refractivity (Wildman–Crippen MR) is 123 cm³/mol. The minimum absolute atomic E-state index is 0.0762. The number of anilines is 1. The number of aryl methyl sites for hydroxylation is 1. The number of rotatable bonds is 8. The number of ether oxygens (including phenoxy) is 2. The molecule has 1 aromatic carbocycles. The van der Waals surface area contributed by atoms with Crippen LogP contribution in [-0.2, 0) is 14.8 Å². The van der Waals surface area contributed by atoms with Crippen molar-refractivity contribution in [3.05, 3.63) is 47.3 Å². The van der Waals surface area contributed by atoms with Gasteiger partial charge < -0.3 is 14.8 Å². The zero-order valence-corrected chi connectivity index (χ0v) is 19.9. The highest BCUT2D eigenvalue weighted by molar-refractivity contribution is 7.89. The van der Waals surface area contributed by atoms with E-state index < -0.39 is 21.9 Å². The van der Waals surface area contributed by atoms with E-state index in [9.17, 15) is 18.0 Å². The van der Waals surface area contributed by atoms with E-state index in [1.165, 1.54) is 28.6 Å². The van der Waals surface area contributed by atoms with Gasteiger partial charge in [-0.05, 0) is 63.9 Å². The van der Waals surface area contributed by atoms with Crippen LogP contribution in [0.5, 0.6) is 5.75 Å². The summed E-state index contributed by atoms with van der Waals surface area (Å²) in [7, 11) is -3.68. The summed E-state index contributed by atoms with van der Waals surface area (Å²) in [6.45, 7) is 6.64. The maximum absolute atomic E-state index is 13.1. The zero-order valence-electron chi connectivity index (χ0n) is 19.1. The van der Waals surface area contributed by atoms with Crippen LogP contribution in [0.4, 0.5) is 5.69 Å². The fourth-order valence-electron chi connectivity index (χ4n) is 3.60. The van der Waals surface area contributed by atoms with E-state index in [2.05, 4.69) is 10.3 Å². The average Bonchev–Trinajstić information content (AvgIpc) is 2.80. The molecule has 0 saturated carbocycles. The van der Waals surface area contributed by atoms with Crippen molar-refractivity contribution in [2.45, 2.75) is 44.9 Å². The van der Waals surface area contributed by atoms with Gasteiger partial charge in [0.25, 0.3) is 5.91 Å². The van der Waals surface area contributed by atoms with Crippen molar-refractivity contribution < 1.29 is 27.5 Å². The molecule has 0 radical (unpaired) electrons. The molecule has 33 heavy (non-hydrogen) atoms. The van der Waals surface area contributed by atoms with Gasteiger partial charge in [0.1, 0.15) is 11.4 Å². The van der Waals surface area contributed by atoms with Crippen molar-refractivity contribution in [1.29, 1.82) is 0 Å². The van der Waals surface area contributed by atoms with Crippen molar-refractivity contribution in [2.24, 2.45) is 0 Å². The molecule has 2 heterocycles. The van der Waals surface area contributed by atoms with Gasteiger partial charge in [0.05, 0.1) is 35.1 Å². The quantitative estimate of drug-likeness (QED) is 0.582. The molecule has 1 aliphatic rings. The van der Waals surface area contributed by atoms with Crippen LogP contribution in [0.15, 0.2) is 35.2 Å². The van der Waals surface area contributed by atoms with Crippen LogP contribution < -0.4 is 10.1 Å². The van der Waals surface area contributed by atoms with Crippen LogP contribution in [0.1, 0.15) is 59.7 Å². The third-order valence-electron chi connectivity index (χ3n) is 5.27. The molecular formula is C23H29N3O6S. The highest BCUT2D eigenvalue weighted by Crippen LogP contribution is 2.30. The molecule has 0 bridgehead atoms. The lowest BCUT2D eigenvalue weighted by Crippen LogP contribution is -2.35. The fourth-order valence-corrected chi connectivity index (χ4v) is 5.15. The summed E-state index contributed by atoms with van der Waals surface area (Å²) in [4.78, 5) is 29.2. The number of nitrogens with zero attached hydrogens (tertiary/aromatic N) is 2. The molecule has 1 fully saturated rings. The van der Waals surface area contributed by atoms with E-state index >= 15 is 0 Å². The number of piperidine rings is 1. The topological polar surface area (TPSA) is 115 Å². The zero-order chi connectivity index (χ0) is 24.0. The summed E-state index contributed by atoms with van der Waals surface area (Å²) in [6.07, 6.45) is 2.66. The van der Waals surface area contributed by atoms with Crippen molar-refractivity contribution in [3.63, 3.8) is 0 Å². The van der Waals surface area contributed by atoms with Gasteiger partial charge in [-0.15, -0.1) is 0 Å². The maximum atomic E-state index is 13.1. The van der Waals surface area contributed by atoms with Crippen molar-refractivity contribution in [1.82, 2.24) is 9.29 Å². The number of aromatic nitrogens is 1. The van der Waals surface area contributed by atoms with Crippen LogP contribution in [0.2, 0.25) is 0 Å². The number of pyridine rings is 1. The van der Waals surface area contributed by atoms with Crippen molar-refractivity contribution in [3.8, 4) is 5.75 Å². The van der Waals surface area contributed by atoms with Crippen LogP contribution >= 0.6 is 0 Å². The van der Waals surface area contributed by atoms with E-state index in [-0.39, 0.29) is 28.4 Å². The van der Waals surface area contributed by atoms with Gasteiger partial charge in [-0.1, -0.05) is 6.42 Å². The van der Waals surface area contributed by atoms with E-state index in [1.54, 1.807) is 26.8 Å². The Labute approximate surface area is 194 Å². The largest absolute Gasteiger partial charge is 0.492 e. The van der Waals surface area contributed by atoms with Crippen LogP contribution in [0.3, 0.4) is 0 Å². The molecule has 178 valence electrons. The molecule has 1 saturated heterocycles. The van der Waals surface area contributed by atoms with E-state index in [0.29, 0.717) is 31.1 Å². The lowest BCUT2D eigenvalue weighted by Gasteiger charge is -2.26. The van der Waals surface area contributed by atoms with Gasteiger partial charge in [0.2, 0.25) is 10.0 Å². The van der Waals surface area contributed by atoms with Crippen molar-refractivity contribution >= 4 is 27.6 Å². The molecule has 9 nitrogen and oxygen atoms in total. The molecule has 1 amide bonds. The number of sulfonamides is 1. The summed E-state index contributed by atoms with van der Waals surface area (Å²) < 4.78 is 38.2. The Bertz CT molecular complexity index is 1130. The maximum Gasteiger partial charge on any atom is 0.339 e. The Morgan fingerprint density at radius 1 is 1.06 bits per heavy atom. The van der Waals surface area contributed by atoms with Crippen LogP contribution in [0, 0.1) is 6.92 Å². The first-order valence-electron chi connectivity index (χ1n) is 11.0. The van der Waals surface area contributed by atoms with Gasteiger partial charge in [-0.2, -0.15) is 4.31 Å². The summed E-state index contributed by atoms with van der Waals surface area (Å²) in [5.74, 6) is -0.714. The second-order valence-corrected chi connectivity index (χ2v) is 9.50. The number of hydrogen-bond acceptors (Lipinski definition) is 7. The number of nitrogens with one attached hydrogen (secondary N) is 1. The first-order valence-corrected chi connectivity index (χ1v) is 12.4. The molecule has 0 aliphatic carbocycles. The smallest absolute Gasteiger partial charge is 0.339 e. The van der Waals surface area contributed by atoms with Gasteiger partial charge >= 0.3 is 5.97 Å². The fraction of sp³-hybridized carbons (Fsp3) is 0.435. The average molecular weight is 476 g/mol. The minimum Gasteiger partial charge on any atom is -0.492 e. The Balaban J connectivity index is 1.88. The summed E-state index contributed by atoms with van der Waals surface area (Å²) in [5, 5.41) is 2.70. The van der Waals surface area contributed by atoms with E-state index in [1.807, 2.05) is 0 Å². The first-order chi connectivity index (χ1) is 15.8. The summed E-state index contributed by atoms with van der Waals surface area (Å²) in [6, 6.07) is 7.34. The van der Waals surface area contributed by atoms with Crippen molar-refractivity contribution in [2.75, 3.05) is 31.6 Å². The van der Waals surface area contributed by atoms with E-state index in [0.717, 1.165) is 19.3 Å². The van der Waals surface area contributed by atoms with Gasteiger partial charge in [0.15, 0.2) is 0 Å². The highest BCUT2D eigenvalue weighted by Gasteiger charge is 2.27. The second-order valence-electron chi connectivity index (χ2n) is 7.56. The number of benzene rings is 1. The Kier molecular flexibility index (Phi) is 8.04. The van der Waals surface area contributed by atoms with E-state index in [4.69, 9.17) is 9.47 Å². The third kappa shape index (κ3) is 5.69. The normalized spacial score (nSPS) is 14.5. The third-order valence-corrected chi connectivity index (χ3v) is 7.16. The lowest BCUT2D eigenvalue weighted by atomic mass is 10.2. The predicted octanol–water partition coefficient (Wildman–Crippen LogP) is 3.39. The molecule has 0 spiro atoms. The Hall–Kier alpha value is -2.98. The Morgan fingerprint density at radius 2 is 1.79 bits per heavy atom. The summed E-state index contributed by atoms with van der Waals surface area (Å²) >= 11 is 0.